The smallest absolute Gasteiger partial charge is 0.258 e. The second kappa shape index (κ2) is 9.09. The van der Waals surface area contributed by atoms with Crippen LogP contribution in [0.15, 0.2) is 89.0 Å². The molecule has 1 aliphatic rings. The van der Waals surface area contributed by atoms with Gasteiger partial charge in [0.2, 0.25) is 5.91 Å². The number of hydrazone groups is 1. The second-order valence-corrected chi connectivity index (χ2v) is 9.28. The molecule has 0 saturated heterocycles. The van der Waals surface area contributed by atoms with Gasteiger partial charge in [-0.25, -0.2) is 5.01 Å². The number of rotatable bonds is 4. The summed E-state index contributed by atoms with van der Waals surface area (Å²) in [5.74, 6) is -0.103. The molecule has 2 aromatic heterocycles. The molecule has 0 bridgehead atoms. The van der Waals surface area contributed by atoms with Crippen molar-refractivity contribution in [3.63, 3.8) is 0 Å². The number of aromatic amines is 1. The lowest BCUT2D eigenvalue weighted by Crippen LogP contribution is -2.26. The topological polar surface area (TPSA) is 91.3 Å². The van der Waals surface area contributed by atoms with E-state index in [0.29, 0.717) is 24.1 Å². The maximum atomic E-state index is 13.6. The maximum Gasteiger partial charge on any atom is 0.258 e. The number of hydrogen-bond donors (Lipinski definition) is 1. The largest absolute Gasteiger partial charge is 0.321 e. The van der Waals surface area contributed by atoms with Crippen molar-refractivity contribution in [1.29, 1.82) is 0 Å². The molecule has 1 aliphatic heterocycles. The zero-order chi connectivity index (χ0) is 25.5. The molecule has 1 atom stereocenters. The highest BCUT2D eigenvalue weighted by Gasteiger charge is 2.35. The number of nitrogens with one attached hydrogen (secondary N) is 1. The SMILES string of the molecule is CCC(=O)N1N=C(c2c(-c3ccccc3)c3cc(C)ccc3[nH]c2=O)C[C@@H]1c1ccc2nccnc2c1. The Kier molecular flexibility index (Phi) is 5.60. The van der Waals surface area contributed by atoms with Crippen LogP contribution in [0.3, 0.4) is 0 Å². The summed E-state index contributed by atoms with van der Waals surface area (Å²) in [7, 11) is 0. The van der Waals surface area contributed by atoms with Gasteiger partial charge in [-0.15, -0.1) is 0 Å². The van der Waals surface area contributed by atoms with Gasteiger partial charge in [0.15, 0.2) is 0 Å². The summed E-state index contributed by atoms with van der Waals surface area (Å²) in [5, 5.41) is 7.26. The van der Waals surface area contributed by atoms with E-state index < -0.39 is 0 Å². The summed E-state index contributed by atoms with van der Waals surface area (Å²) in [5.41, 5.74) is 6.93. The minimum atomic E-state index is -0.343. The van der Waals surface area contributed by atoms with Gasteiger partial charge < -0.3 is 4.98 Å². The predicted molar refractivity (Wildman–Crippen MR) is 145 cm³/mol. The number of carbonyl (C=O) groups excluding carboxylic acids is 1. The summed E-state index contributed by atoms with van der Waals surface area (Å²) >= 11 is 0. The van der Waals surface area contributed by atoms with Gasteiger partial charge in [0.1, 0.15) is 0 Å². The lowest BCUT2D eigenvalue weighted by Gasteiger charge is -2.21. The van der Waals surface area contributed by atoms with Crippen molar-refractivity contribution in [3.05, 3.63) is 106 Å². The molecule has 3 heterocycles. The Balaban J connectivity index is 1.55. The van der Waals surface area contributed by atoms with E-state index in [4.69, 9.17) is 5.10 Å². The standard InChI is InChI=1S/C30H25N5O2/c1-3-27(36)35-26(20-10-12-23-24(16-20)32-14-13-31-23)17-25(34-35)29-28(19-7-5-4-6-8-19)21-15-18(2)9-11-22(21)33-30(29)37/h4-16,26H,3,17H2,1-2H3,(H,33,37)/t26-/m1/s1. The molecule has 6 rings (SSSR count). The Morgan fingerprint density at radius 3 is 2.54 bits per heavy atom. The first-order valence-corrected chi connectivity index (χ1v) is 12.4. The molecule has 0 unspecified atom stereocenters. The minimum absolute atomic E-state index is 0.103. The first-order chi connectivity index (χ1) is 18.0. The van der Waals surface area contributed by atoms with Gasteiger partial charge in [-0.1, -0.05) is 55.0 Å². The average molecular weight is 488 g/mol. The summed E-state index contributed by atoms with van der Waals surface area (Å²) in [6, 6.07) is 21.4. The summed E-state index contributed by atoms with van der Waals surface area (Å²) in [4.78, 5) is 38.5. The van der Waals surface area contributed by atoms with E-state index in [1.165, 1.54) is 5.01 Å². The molecule has 1 amide bonds. The normalized spacial score (nSPS) is 15.4. The third-order valence-electron chi connectivity index (χ3n) is 6.87. The average Bonchev–Trinajstić information content (AvgIpc) is 3.37. The highest BCUT2D eigenvalue weighted by Crippen LogP contribution is 2.37. The molecule has 0 radical (unpaired) electrons. The molecule has 0 saturated carbocycles. The number of pyridine rings is 1. The molecule has 5 aromatic rings. The third-order valence-corrected chi connectivity index (χ3v) is 6.87. The van der Waals surface area contributed by atoms with Crippen LogP contribution in [-0.4, -0.2) is 31.6 Å². The van der Waals surface area contributed by atoms with Crippen molar-refractivity contribution >= 4 is 33.6 Å². The second-order valence-electron chi connectivity index (χ2n) is 9.28. The fourth-order valence-corrected chi connectivity index (χ4v) is 5.09. The van der Waals surface area contributed by atoms with Crippen molar-refractivity contribution in [1.82, 2.24) is 20.0 Å². The van der Waals surface area contributed by atoms with Crippen LogP contribution in [0.4, 0.5) is 0 Å². The Hall–Kier alpha value is -4.65. The van der Waals surface area contributed by atoms with Crippen LogP contribution in [-0.2, 0) is 4.79 Å². The van der Waals surface area contributed by atoms with E-state index in [1.807, 2.05) is 74.5 Å². The Morgan fingerprint density at radius 1 is 0.973 bits per heavy atom. The van der Waals surface area contributed by atoms with Crippen LogP contribution in [0.1, 0.15) is 42.5 Å². The maximum absolute atomic E-state index is 13.6. The first kappa shape index (κ1) is 22.8. The molecular formula is C30H25N5O2. The van der Waals surface area contributed by atoms with Gasteiger partial charge in [0.05, 0.1) is 28.4 Å². The predicted octanol–water partition coefficient (Wildman–Crippen LogP) is 5.53. The van der Waals surface area contributed by atoms with Gasteiger partial charge in [-0.05, 0) is 42.3 Å². The number of H-pyrrole nitrogens is 1. The van der Waals surface area contributed by atoms with Crippen LogP contribution in [0, 0.1) is 6.92 Å². The summed E-state index contributed by atoms with van der Waals surface area (Å²) in [6.07, 6.45) is 4.03. The highest BCUT2D eigenvalue weighted by molar-refractivity contribution is 6.13. The number of benzene rings is 3. The zero-order valence-electron chi connectivity index (χ0n) is 20.6. The number of hydrogen-bond acceptors (Lipinski definition) is 5. The van der Waals surface area contributed by atoms with Crippen LogP contribution in [0.25, 0.3) is 33.1 Å². The van der Waals surface area contributed by atoms with Crippen molar-refractivity contribution < 1.29 is 4.79 Å². The monoisotopic (exact) mass is 487 g/mol. The molecule has 0 aliphatic carbocycles. The molecule has 7 nitrogen and oxygen atoms in total. The molecule has 0 fully saturated rings. The van der Waals surface area contributed by atoms with Crippen molar-refractivity contribution in [2.24, 2.45) is 5.10 Å². The van der Waals surface area contributed by atoms with Crippen molar-refractivity contribution in [3.8, 4) is 11.1 Å². The number of aryl methyl sites for hydroxylation is 1. The Bertz CT molecular complexity index is 1760. The molecular weight excluding hydrogens is 462 g/mol. The van der Waals surface area contributed by atoms with Gasteiger partial charge in [-0.2, -0.15) is 5.10 Å². The summed E-state index contributed by atoms with van der Waals surface area (Å²) < 4.78 is 0. The third kappa shape index (κ3) is 3.98. The van der Waals surface area contributed by atoms with Gasteiger partial charge >= 0.3 is 0 Å². The van der Waals surface area contributed by atoms with E-state index in [0.717, 1.165) is 44.2 Å². The molecule has 7 heteroatoms. The minimum Gasteiger partial charge on any atom is -0.321 e. The van der Waals surface area contributed by atoms with Crippen LogP contribution >= 0.6 is 0 Å². The molecule has 182 valence electrons. The van der Waals surface area contributed by atoms with Crippen LogP contribution in [0.5, 0.6) is 0 Å². The zero-order valence-corrected chi connectivity index (χ0v) is 20.6. The van der Waals surface area contributed by atoms with Gasteiger partial charge in [0.25, 0.3) is 5.56 Å². The van der Waals surface area contributed by atoms with E-state index in [-0.39, 0.29) is 17.5 Å². The molecule has 37 heavy (non-hydrogen) atoms. The van der Waals surface area contributed by atoms with E-state index in [9.17, 15) is 9.59 Å². The fourth-order valence-electron chi connectivity index (χ4n) is 5.09. The number of carbonyl (C=O) groups is 1. The lowest BCUT2D eigenvalue weighted by atomic mass is 9.90. The fraction of sp³-hybridized carbons (Fsp3) is 0.167. The van der Waals surface area contributed by atoms with Crippen molar-refractivity contribution in [2.45, 2.75) is 32.7 Å². The number of nitrogens with zero attached hydrogens (tertiary/aromatic N) is 4. The quantitative estimate of drug-likeness (QED) is 0.361. The van der Waals surface area contributed by atoms with Crippen LogP contribution in [0.2, 0.25) is 0 Å². The highest BCUT2D eigenvalue weighted by atomic mass is 16.2. The number of aromatic nitrogens is 3. The van der Waals surface area contributed by atoms with Gasteiger partial charge in [-0.3, -0.25) is 19.6 Å². The van der Waals surface area contributed by atoms with E-state index in [1.54, 1.807) is 12.4 Å². The van der Waals surface area contributed by atoms with E-state index >= 15 is 0 Å². The molecule has 0 spiro atoms. The van der Waals surface area contributed by atoms with Crippen LogP contribution < -0.4 is 5.56 Å². The van der Waals surface area contributed by atoms with E-state index in [2.05, 4.69) is 21.0 Å². The molecule has 3 aromatic carbocycles. The first-order valence-electron chi connectivity index (χ1n) is 12.4. The number of amides is 1. The number of fused-ring (bicyclic) bond motifs is 2. The molecule has 1 N–H and O–H groups in total. The Labute approximate surface area is 213 Å². The van der Waals surface area contributed by atoms with Gasteiger partial charge in [0, 0.05) is 41.7 Å². The lowest BCUT2D eigenvalue weighted by molar-refractivity contribution is -0.132. The van der Waals surface area contributed by atoms with Crippen molar-refractivity contribution in [2.75, 3.05) is 0 Å². The Morgan fingerprint density at radius 2 is 1.76 bits per heavy atom. The summed E-state index contributed by atoms with van der Waals surface area (Å²) in [6.45, 7) is 3.85.